The standard InChI is InChI=1S/C23H30Cl2N4O2/c1-2-3-4-5-6-21(30)18-7-9-19(10-8-18)31-16-15-28-11-13-29(14-12-28)20-17-22(24)26-27-23(20)25/h7-10,17H,2-6,11-16H2,1H3. The van der Waals surface area contributed by atoms with E-state index < -0.39 is 0 Å². The number of piperazine rings is 1. The zero-order valence-electron chi connectivity index (χ0n) is 18.0. The van der Waals surface area contributed by atoms with E-state index in [0.717, 1.165) is 62.6 Å². The van der Waals surface area contributed by atoms with Crippen molar-refractivity contribution in [3.63, 3.8) is 0 Å². The Hall–Kier alpha value is -1.89. The van der Waals surface area contributed by atoms with Crippen LogP contribution in [0.25, 0.3) is 0 Å². The van der Waals surface area contributed by atoms with Crippen LogP contribution in [0.2, 0.25) is 10.3 Å². The van der Waals surface area contributed by atoms with Crippen molar-refractivity contribution in [2.45, 2.75) is 39.0 Å². The molecular formula is C23H30Cl2N4O2. The quantitative estimate of drug-likeness (QED) is 0.339. The van der Waals surface area contributed by atoms with Crippen LogP contribution in [0.4, 0.5) is 5.69 Å². The lowest BCUT2D eigenvalue weighted by molar-refractivity contribution is 0.0979. The van der Waals surface area contributed by atoms with Crippen LogP contribution in [0.15, 0.2) is 30.3 Å². The second kappa shape index (κ2) is 12.2. The number of ketones is 1. The van der Waals surface area contributed by atoms with E-state index in [1.165, 1.54) is 12.8 Å². The molecule has 1 aromatic heterocycles. The molecule has 0 unspecified atom stereocenters. The van der Waals surface area contributed by atoms with Crippen molar-refractivity contribution in [3.05, 3.63) is 46.2 Å². The number of anilines is 1. The maximum Gasteiger partial charge on any atom is 0.175 e. The second-order valence-corrected chi connectivity index (χ2v) is 8.52. The van der Waals surface area contributed by atoms with Crippen LogP contribution in [0, 0.1) is 0 Å². The Morgan fingerprint density at radius 1 is 1.03 bits per heavy atom. The van der Waals surface area contributed by atoms with Crippen LogP contribution in [0.5, 0.6) is 5.75 Å². The van der Waals surface area contributed by atoms with Crippen LogP contribution < -0.4 is 9.64 Å². The van der Waals surface area contributed by atoms with Crippen molar-refractivity contribution < 1.29 is 9.53 Å². The predicted molar refractivity (Wildman–Crippen MR) is 126 cm³/mol. The lowest BCUT2D eigenvalue weighted by Gasteiger charge is -2.36. The summed E-state index contributed by atoms with van der Waals surface area (Å²) in [5.74, 6) is 1.01. The minimum Gasteiger partial charge on any atom is -0.492 e. The molecule has 0 bridgehead atoms. The summed E-state index contributed by atoms with van der Waals surface area (Å²) in [4.78, 5) is 16.8. The minimum absolute atomic E-state index is 0.214. The average molecular weight is 465 g/mol. The number of unbranched alkanes of at least 4 members (excludes halogenated alkanes) is 3. The summed E-state index contributed by atoms with van der Waals surface area (Å²) in [6, 6.07) is 9.27. The monoisotopic (exact) mass is 464 g/mol. The van der Waals surface area contributed by atoms with Gasteiger partial charge in [0, 0.05) is 50.8 Å². The molecule has 0 amide bonds. The minimum atomic E-state index is 0.214. The molecule has 168 valence electrons. The summed E-state index contributed by atoms with van der Waals surface area (Å²) in [6.45, 7) is 7.12. The molecule has 0 radical (unpaired) electrons. The SMILES string of the molecule is CCCCCCC(=O)c1ccc(OCCN2CCN(c3cc(Cl)nnc3Cl)CC2)cc1. The number of halogens is 2. The normalized spacial score (nSPS) is 14.6. The molecule has 0 spiro atoms. The Morgan fingerprint density at radius 2 is 1.77 bits per heavy atom. The van der Waals surface area contributed by atoms with Gasteiger partial charge in [-0.05, 0) is 30.7 Å². The lowest BCUT2D eigenvalue weighted by atomic mass is 10.0. The van der Waals surface area contributed by atoms with Crippen LogP contribution in [-0.4, -0.2) is 60.2 Å². The van der Waals surface area contributed by atoms with Crippen molar-refractivity contribution in [2.24, 2.45) is 0 Å². The van der Waals surface area contributed by atoms with Gasteiger partial charge in [0.2, 0.25) is 0 Å². The summed E-state index contributed by atoms with van der Waals surface area (Å²) in [5.41, 5.74) is 1.60. The van der Waals surface area contributed by atoms with Gasteiger partial charge in [0.05, 0.1) is 5.69 Å². The van der Waals surface area contributed by atoms with Gasteiger partial charge in [0.1, 0.15) is 12.4 Å². The molecule has 1 fully saturated rings. The van der Waals surface area contributed by atoms with E-state index in [-0.39, 0.29) is 5.78 Å². The molecule has 2 heterocycles. The van der Waals surface area contributed by atoms with E-state index in [4.69, 9.17) is 27.9 Å². The zero-order chi connectivity index (χ0) is 22.1. The molecule has 0 N–H and O–H groups in total. The van der Waals surface area contributed by atoms with E-state index >= 15 is 0 Å². The lowest BCUT2D eigenvalue weighted by Crippen LogP contribution is -2.47. The molecule has 0 aliphatic carbocycles. The summed E-state index contributed by atoms with van der Waals surface area (Å²) >= 11 is 12.1. The summed E-state index contributed by atoms with van der Waals surface area (Å²) < 4.78 is 5.88. The van der Waals surface area contributed by atoms with Crippen LogP contribution in [-0.2, 0) is 0 Å². The number of hydrogen-bond acceptors (Lipinski definition) is 6. The Balaban J connectivity index is 1.37. The van der Waals surface area contributed by atoms with Gasteiger partial charge in [-0.25, -0.2) is 0 Å². The maximum absolute atomic E-state index is 12.2. The molecular weight excluding hydrogens is 435 g/mol. The molecule has 1 aromatic carbocycles. The number of Topliss-reactive ketones (excluding diaryl/α,β-unsaturated/α-hetero) is 1. The Labute approximate surface area is 194 Å². The molecule has 8 heteroatoms. The molecule has 3 rings (SSSR count). The first-order valence-corrected chi connectivity index (χ1v) is 11.7. The van der Waals surface area contributed by atoms with Gasteiger partial charge in [-0.3, -0.25) is 9.69 Å². The highest BCUT2D eigenvalue weighted by atomic mass is 35.5. The largest absolute Gasteiger partial charge is 0.492 e. The van der Waals surface area contributed by atoms with Crippen LogP contribution in [0.3, 0.4) is 0 Å². The smallest absolute Gasteiger partial charge is 0.175 e. The molecule has 1 saturated heterocycles. The van der Waals surface area contributed by atoms with Crippen molar-refractivity contribution in [2.75, 3.05) is 44.2 Å². The average Bonchev–Trinajstić information content (AvgIpc) is 2.79. The molecule has 31 heavy (non-hydrogen) atoms. The number of benzene rings is 1. The van der Waals surface area contributed by atoms with Gasteiger partial charge in [-0.2, -0.15) is 0 Å². The second-order valence-electron chi connectivity index (χ2n) is 7.78. The maximum atomic E-state index is 12.2. The summed E-state index contributed by atoms with van der Waals surface area (Å²) in [6.07, 6.45) is 5.09. The van der Waals surface area contributed by atoms with E-state index in [1.54, 1.807) is 6.07 Å². The van der Waals surface area contributed by atoms with Gasteiger partial charge < -0.3 is 9.64 Å². The van der Waals surface area contributed by atoms with E-state index in [9.17, 15) is 4.79 Å². The highest BCUT2D eigenvalue weighted by molar-refractivity contribution is 6.33. The fourth-order valence-electron chi connectivity index (χ4n) is 3.66. The third-order valence-electron chi connectivity index (χ3n) is 5.52. The van der Waals surface area contributed by atoms with Gasteiger partial charge in [-0.15, -0.1) is 10.2 Å². The highest BCUT2D eigenvalue weighted by Crippen LogP contribution is 2.26. The number of aromatic nitrogens is 2. The number of carbonyl (C=O) groups excluding carboxylic acids is 1. The Morgan fingerprint density at radius 3 is 2.48 bits per heavy atom. The fraction of sp³-hybridized carbons (Fsp3) is 0.522. The first-order valence-electron chi connectivity index (χ1n) is 11.0. The first kappa shape index (κ1) is 23.8. The number of hydrogen-bond donors (Lipinski definition) is 0. The van der Waals surface area contributed by atoms with Crippen molar-refractivity contribution >= 4 is 34.7 Å². The third-order valence-corrected chi connectivity index (χ3v) is 5.98. The summed E-state index contributed by atoms with van der Waals surface area (Å²) in [5, 5.41) is 8.37. The van der Waals surface area contributed by atoms with E-state index in [2.05, 4.69) is 26.9 Å². The molecule has 6 nitrogen and oxygen atoms in total. The highest BCUT2D eigenvalue weighted by Gasteiger charge is 2.20. The Bertz CT molecular complexity index is 840. The summed E-state index contributed by atoms with van der Waals surface area (Å²) in [7, 11) is 0. The van der Waals surface area contributed by atoms with Crippen molar-refractivity contribution in [1.29, 1.82) is 0 Å². The van der Waals surface area contributed by atoms with Gasteiger partial charge in [0.15, 0.2) is 16.1 Å². The number of nitrogens with zero attached hydrogens (tertiary/aromatic N) is 4. The van der Waals surface area contributed by atoms with Crippen molar-refractivity contribution in [1.82, 2.24) is 15.1 Å². The number of rotatable bonds is 11. The third kappa shape index (κ3) is 7.34. The van der Waals surface area contributed by atoms with Gasteiger partial charge in [0.25, 0.3) is 0 Å². The van der Waals surface area contributed by atoms with E-state index in [1.807, 2.05) is 24.3 Å². The first-order chi connectivity index (χ1) is 15.1. The zero-order valence-corrected chi connectivity index (χ0v) is 19.5. The van der Waals surface area contributed by atoms with Gasteiger partial charge in [-0.1, -0.05) is 49.4 Å². The van der Waals surface area contributed by atoms with Crippen molar-refractivity contribution in [3.8, 4) is 5.75 Å². The molecule has 0 saturated carbocycles. The molecule has 2 aromatic rings. The molecule has 1 aliphatic rings. The van der Waals surface area contributed by atoms with E-state index in [0.29, 0.717) is 23.3 Å². The molecule has 0 atom stereocenters. The number of carbonyl (C=O) groups is 1. The fourth-order valence-corrected chi connectivity index (χ4v) is 4.02. The van der Waals surface area contributed by atoms with Crippen LogP contribution >= 0.6 is 23.2 Å². The predicted octanol–water partition coefficient (Wildman–Crippen LogP) is 5.14. The molecule has 1 aliphatic heterocycles. The number of ether oxygens (including phenoxy) is 1. The van der Waals surface area contributed by atoms with Crippen LogP contribution in [0.1, 0.15) is 49.4 Å². The topological polar surface area (TPSA) is 58.6 Å². The Kier molecular flexibility index (Phi) is 9.37. The van der Waals surface area contributed by atoms with Gasteiger partial charge >= 0.3 is 0 Å².